The fourth-order valence-electron chi connectivity index (χ4n) is 1.32. The molecular formula is C11H12F4N2O. The molecule has 0 spiro atoms. The molecule has 100 valence electrons. The van der Waals surface area contributed by atoms with Crippen LogP contribution in [0.25, 0.3) is 0 Å². The van der Waals surface area contributed by atoms with Crippen LogP contribution in [0.4, 0.5) is 17.6 Å². The summed E-state index contributed by atoms with van der Waals surface area (Å²) in [7, 11) is 0. The van der Waals surface area contributed by atoms with Crippen molar-refractivity contribution in [3.05, 3.63) is 30.1 Å². The molecule has 0 aliphatic heterocycles. The van der Waals surface area contributed by atoms with Crippen molar-refractivity contribution < 1.29 is 22.4 Å². The van der Waals surface area contributed by atoms with E-state index in [1.165, 1.54) is 19.2 Å². The molecule has 0 atom stereocenters. The van der Waals surface area contributed by atoms with Crippen molar-refractivity contribution in [3.63, 3.8) is 0 Å². The lowest BCUT2D eigenvalue weighted by molar-refractivity contribution is -0.181. The van der Waals surface area contributed by atoms with E-state index in [1.54, 1.807) is 12.1 Å². The van der Waals surface area contributed by atoms with Gasteiger partial charge in [0.25, 0.3) is 5.91 Å². The van der Waals surface area contributed by atoms with Gasteiger partial charge in [0.1, 0.15) is 0 Å². The highest BCUT2D eigenvalue weighted by molar-refractivity contribution is 5.83. The summed E-state index contributed by atoms with van der Waals surface area (Å²) in [5.41, 5.74) is 0.359. The molecule has 3 nitrogen and oxygen atoms in total. The van der Waals surface area contributed by atoms with E-state index in [1.807, 2.05) is 0 Å². The summed E-state index contributed by atoms with van der Waals surface area (Å²) in [4.78, 5) is 15.8. The van der Waals surface area contributed by atoms with Crippen molar-refractivity contribution in [3.8, 4) is 0 Å². The standard InChI is InChI=1S/C11H12F4N2O/c1-2-17(7-8-5-3-4-6-16-8)10(18)11(14,15)9(12)13/h3-6,9H,2,7H2,1H3. The highest BCUT2D eigenvalue weighted by atomic mass is 19.3. The van der Waals surface area contributed by atoms with Gasteiger partial charge in [-0.3, -0.25) is 9.78 Å². The topological polar surface area (TPSA) is 33.2 Å². The van der Waals surface area contributed by atoms with Crippen LogP contribution in [-0.2, 0) is 11.3 Å². The first-order chi connectivity index (χ1) is 8.39. The number of halogens is 4. The molecule has 1 rings (SSSR count). The smallest absolute Gasteiger partial charge is 0.332 e. The average molecular weight is 264 g/mol. The van der Waals surface area contributed by atoms with Crippen molar-refractivity contribution in [2.45, 2.75) is 25.8 Å². The fraction of sp³-hybridized carbons (Fsp3) is 0.455. The number of carbonyl (C=O) groups excluding carboxylic acids is 1. The Balaban J connectivity index is 2.82. The number of pyridine rings is 1. The Labute approximate surface area is 101 Å². The van der Waals surface area contributed by atoms with Gasteiger partial charge in [0.2, 0.25) is 0 Å². The Bertz CT molecular complexity index is 397. The number of aromatic nitrogens is 1. The van der Waals surface area contributed by atoms with Crippen LogP contribution in [0, 0.1) is 0 Å². The highest BCUT2D eigenvalue weighted by Crippen LogP contribution is 2.25. The number of rotatable bonds is 5. The van der Waals surface area contributed by atoms with Gasteiger partial charge in [0.15, 0.2) is 0 Å². The molecule has 0 aliphatic rings. The lowest BCUT2D eigenvalue weighted by Gasteiger charge is -2.25. The number of alkyl halides is 4. The predicted octanol–water partition coefficient (Wildman–Crippen LogP) is 2.33. The zero-order valence-electron chi connectivity index (χ0n) is 9.62. The molecule has 1 heterocycles. The van der Waals surface area contributed by atoms with Crippen LogP contribution in [0.15, 0.2) is 24.4 Å². The minimum Gasteiger partial charge on any atom is -0.332 e. The summed E-state index contributed by atoms with van der Waals surface area (Å²) in [6.45, 7) is 1.11. The quantitative estimate of drug-likeness (QED) is 0.765. The molecule has 0 N–H and O–H groups in total. The molecule has 7 heteroatoms. The van der Waals surface area contributed by atoms with Gasteiger partial charge in [0, 0.05) is 12.7 Å². The van der Waals surface area contributed by atoms with Crippen LogP contribution >= 0.6 is 0 Å². The molecule has 0 bridgehead atoms. The van der Waals surface area contributed by atoms with E-state index in [9.17, 15) is 22.4 Å². The summed E-state index contributed by atoms with van der Waals surface area (Å²) >= 11 is 0. The monoisotopic (exact) mass is 264 g/mol. The molecule has 18 heavy (non-hydrogen) atoms. The second kappa shape index (κ2) is 5.79. The van der Waals surface area contributed by atoms with Crippen LogP contribution in [-0.4, -0.2) is 34.7 Å². The molecule has 0 aliphatic carbocycles. The van der Waals surface area contributed by atoms with Gasteiger partial charge in [-0.15, -0.1) is 0 Å². The normalized spacial score (nSPS) is 11.7. The third kappa shape index (κ3) is 3.18. The van der Waals surface area contributed by atoms with Crippen LogP contribution in [0.3, 0.4) is 0 Å². The maximum absolute atomic E-state index is 12.9. The molecule has 0 unspecified atom stereocenters. The molecule has 1 aromatic rings. The second-order valence-electron chi connectivity index (χ2n) is 3.56. The Hall–Kier alpha value is -1.66. The first-order valence-electron chi connectivity index (χ1n) is 5.24. The van der Waals surface area contributed by atoms with E-state index >= 15 is 0 Å². The summed E-state index contributed by atoms with van der Waals surface area (Å²) in [5.74, 6) is -6.55. The van der Waals surface area contributed by atoms with Gasteiger partial charge in [0.05, 0.1) is 12.2 Å². The Morgan fingerprint density at radius 3 is 2.56 bits per heavy atom. The number of hydrogen-bond acceptors (Lipinski definition) is 2. The SMILES string of the molecule is CCN(Cc1ccccn1)C(=O)C(F)(F)C(F)F. The predicted molar refractivity (Wildman–Crippen MR) is 56.3 cm³/mol. The summed E-state index contributed by atoms with van der Waals surface area (Å²) in [6.07, 6.45) is -2.58. The van der Waals surface area contributed by atoms with E-state index in [2.05, 4.69) is 4.98 Å². The van der Waals surface area contributed by atoms with Gasteiger partial charge in [-0.25, -0.2) is 8.78 Å². The molecule has 1 aromatic heterocycles. The van der Waals surface area contributed by atoms with Gasteiger partial charge in [-0.2, -0.15) is 8.78 Å². The van der Waals surface area contributed by atoms with Crippen molar-refractivity contribution >= 4 is 5.91 Å². The maximum Gasteiger partial charge on any atom is 0.383 e. The first kappa shape index (κ1) is 14.4. The Kier molecular flexibility index (Phi) is 4.63. The molecule has 1 amide bonds. The molecular weight excluding hydrogens is 252 g/mol. The molecule has 0 aromatic carbocycles. The average Bonchev–Trinajstić information content (AvgIpc) is 2.36. The van der Waals surface area contributed by atoms with E-state index in [0.29, 0.717) is 10.6 Å². The lowest BCUT2D eigenvalue weighted by atomic mass is 10.2. The van der Waals surface area contributed by atoms with Gasteiger partial charge >= 0.3 is 12.3 Å². The molecule has 0 fully saturated rings. The molecule has 0 radical (unpaired) electrons. The zero-order valence-corrected chi connectivity index (χ0v) is 9.62. The van der Waals surface area contributed by atoms with Crippen LogP contribution < -0.4 is 0 Å². The fourth-order valence-corrected chi connectivity index (χ4v) is 1.32. The Morgan fingerprint density at radius 2 is 2.11 bits per heavy atom. The highest BCUT2D eigenvalue weighted by Gasteiger charge is 2.50. The summed E-state index contributed by atoms with van der Waals surface area (Å²) < 4.78 is 50.0. The van der Waals surface area contributed by atoms with Crippen molar-refractivity contribution in [2.75, 3.05) is 6.54 Å². The van der Waals surface area contributed by atoms with Gasteiger partial charge < -0.3 is 4.90 Å². The number of carbonyl (C=O) groups is 1. The third-order valence-electron chi connectivity index (χ3n) is 2.31. The largest absolute Gasteiger partial charge is 0.383 e. The number of amides is 1. The van der Waals surface area contributed by atoms with E-state index in [4.69, 9.17) is 0 Å². The minimum atomic E-state index is -4.66. The summed E-state index contributed by atoms with van der Waals surface area (Å²) in [5, 5.41) is 0. The third-order valence-corrected chi connectivity index (χ3v) is 2.31. The van der Waals surface area contributed by atoms with Crippen molar-refractivity contribution in [1.29, 1.82) is 0 Å². The van der Waals surface area contributed by atoms with E-state index in [0.717, 1.165) is 0 Å². The number of nitrogens with zero attached hydrogens (tertiary/aromatic N) is 2. The Morgan fingerprint density at radius 1 is 1.44 bits per heavy atom. The van der Waals surface area contributed by atoms with Gasteiger partial charge in [-0.05, 0) is 19.1 Å². The van der Waals surface area contributed by atoms with E-state index in [-0.39, 0.29) is 13.1 Å². The van der Waals surface area contributed by atoms with Crippen LogP contribution in [0.1, 0.15) is 12.6 Å². The van der Waals surface area contributed by atoms with E-state index < -0.39 is 18.3 Å². The molecule has 0 saturated carbocycles. The lowest BCUT2D eigenvalue weighted by Crippen LogP contribution is -2.47. The number of hydrogen-bond donors (Lipinski definition) is 0. The van der Waals surface area contributed by atoms with Gasteiger partial charge in [-0.1, -0.05) is 6.07 Å². The van der Waals surface area contributed by atoms with Crippen LogP contribution in [0.2, 0.25) is 0 Å². The first-order valence-corrected chi connectivity index (χ1v) is 5.24. The van der Waals surface area contributed by atoms with Crippen molar-refractivity contribution in [2.24, 2.45) is 0 Å². The van der Waals surface area contributed by atoms with Crippen molar-refractivity contribution in [1.82, 2.24) is 9.88 Å². The second-order valence-corrected chi connectivity index (χ2v) is 3.56. The molecule has 0 saturated heterocycles. The maximum atomic E-state index is 12.9. The summed E-state index contributed by atoms with van der Waals surface area (Å²) in [6, 6.07) is 4.76. The van der Waals surface area contributed by atoms with Crippen LogP contribution in [0.5, 0.6) is 0 Å². The zero-order chi connectivity index (χ0) is 13.8. The minimum absolute atomic E-state index is 0.0995.